The van der Waals surface area contributed by atoms with E-state index >= 15 is 0 Å². The molecule has 0 aromatic heterocycles. The van der Waals surface area contributed by atoms with Gasteiger partial charge in [0.1, 0.15) is 5.75 Å². The van der Waals surface area contributed by atoms with Crippen LogP contribution in [0.1, 0.15) is 62.4 Å². The molecule has 0 bridgehead atoms. The minimum atomic E-state index is -0.366. The van der Waals surface area contributed by atoms with E-state index in [9.17, 15) is 9.59 Å². The number of amides is 3. The summed E-state index contributed by atoms with van der Waals surface area (Å²) in [7, 11) is 1.57. The van der Waals surface area contributed by atoms with Crippen molar-refractivity contribution in [2.75, 3.05) is 13.7 Å². The molecule has 2 aromatic rings. The van der Waals surface area contributed by atoms with E-state index in [1.165, 1.54) is 5.56 Å². The fourth-order valence-corrected chi connectivity index (χ4v) is 5.07. The minimum absolute atomic E-state index is 0.0611. The summed E-state index contributed by atoms with van der Waals surface area (Å²) in [5.41, 5.74) is 1.14. The molecule has 1 saturated carbocycles. The summed E-state index contributed by atoms with van der Waals surface area (Å²) in [6.07, 6.45) is 3.30. The summed E-state index contributed by atoms with van der Waals surface area (Å²) in [5, 5.41) is 3.16. The third-order valence-corrected chi connectivity index (χ3v) is 6.77. The van der Waals surface area contributed by atoms with E-state index in [1.807, 2.05) is 56.0 Å². The van der Waals surface area contributed by atoms with Gasteiger partial charge in [0, 0.05) is 36.0 Å². The molecule has 0 aliphatic heterocycles. The van der Waals surface area contributed by atoms with Crippen LogP contribution in [0.15, 0.2) is 59.0 Å². The molecule has 7 heteroatoms. The molecule has 6 nitrogen and oxygen atoms in total. The molecule has 1 aliphatic carbocycles. The lowest BCUT2D eigenvalue weighted by molar-refractivity contribution is 0.0776. The number of nitrogens with one attached hydrogen (secondary N) is 1. The van der Waals surface area contributed by atoms with Gasteiger partial charge in [-0.25, -0.2) is 4.79 Å². The molecule has 0 unspecified atom stereocenters. The summed E-state index contributed by atoms with van der Waals surface area (Å²) >= 11 is 4.72. The zero-order chi connectivity index (χ0) is 24.1. The molecule has 1 fully saturated rings. The normalized spacial score (nSPS) is 20.5. The first-order valence-corrected chi connectivity index (χ1v) is 11.7. The van der Waals surface area contributed by atoms with Crippen molar-refractivity contribution in [3.63, 3.8) is 0 Å². The minimum Gasteiger partial charge on any atom is -0.496 e. The van der Waals surface area contributed by atoms with Crippen LogP contribution in [0.2, 0.25) is 0 Å². The number of rotatable bonds is 6. The van der Waals surface area contributed by atoms with Gasteiger partial charge in [-0.1, -0.05) is 42.5 Å². The van der Waals surface area contributed by atoms with Crippen molar-refractivity contribution < 1.29 is 14.3 Å². The van der Waals surface area contributed by atoms with Crippen LogP contribution < -0.4 is 10.1 Å². The highest BCUT2D eigenvalue weighted by atomic mass is 32.1. The topological polar surface area (TPSA) is 71.0 Å². The van der Waals surface area contributed by atoms with Gasteiger partial charge < -0.3 is 15.0 Å². The Labute approximate surface area is 201 Å². The monoisotopic (exact) mass is 467 g/mol. The van der Waals surface area contributed by atoms with Crippen molar-refractivity contribution in [3.05, 3.63) is 65.7 Å². The largest absolute Gasteiger partial charge is 0.496 e. The van der Waals surface area contributed by atoms with E-state index in [1.54, 1.807) is 19.2 Å². The Morgan fingerprint density at radius 2 is 1.70 bits per heavy atom. The smallest absolute Gasteiger partial charge is 0.355 e. The van der Waals surface area contributed by atoms with Gasteiger partial charge in [-0.2, -0.15) is 0 Å². The number of nitrogens with zero attached hydrogens (tertiary/aromatic N) is 2. The second-order valence-electron chi connectivity index (χ2n) is 9.68. The summed E-state index contributed by atoms with van der Waals surface area (Å²) in [4.78, 5) is 27.3. The van der Waals surface area contributed by atoms with Gasteiger partial charge in [0.15, 0.2) is 0 Å². The highest BCUT2D eigenvalue weighted by Crippen LogP contribution is 2.42. The molecule has 0 heterocycles. The number of urea groups is 1. The summed E-state index contributed by atoms with van der Waals surface area (Å²) in [6, 6.07) is 17.3. The van der Waals surface area contributed by atoms with Gasteiger partial charge in [0.05, 0.1) is 12.7 Å². The lowest BCUT2D eigenvalue weighted by Crippen LogP contribution is -2.54. The Bertz CT molecular complexity index is 980. The first kappa shape index (κ1) is 24.8. The van der Waals surface area contributed by atoms with Crippen LogP contribution in [0.3, 0.4) is 0 Å². The van der Waals surface area contributed by atoms with Crippen molar-refractivity contribution >= 4 is 24.4 Å². The zero-order valence-corrected chi connectivity index (χ0v) is 20.7. The van der Waals surface area contributed by atoms with Crippen LogP contribution >= 0.6 is 0 Å². The van der Waals surface area contributed by atoms with Crippen molar-refractivity contribution in [1.29, 1.82) is 0 Å². The van der Waals surface area contributed by atoms with Gasteiger partial charge in [-0.3, -0.25) is 4.79 Å². The summed E-state index contributed by atoms with van der Waals surface area (Å²) in [5.74, 6) is 0.403. The Morgan fingerprint density at radius 3 is 2.27 bits per heavy atom. The number of carbonyl (C=O) groups is 2. The van der Waals surface area contributed by atoms with Crippen LogP contribution in [0.4, 0.5) is 4.79 Å². The summed E-state index contributed by atoms with van der Waals surface area (Å²) in [6.45, 7) is 6.54. The number of carbonyl (C=O) groups excluding carboxylic acids is 2. The fourth-order valence-electron chi connectivity index (χ4n) is 4.98. The molecule has 3 rings (SSSR count). The number of hydrogen-bond acceptors (Lipinski definition) is 4. The first-order chi connectivity index (χ1) is 15.7. The Kier molecular flexibility index (Phi) is 7.84. The van der Waals surface area contributed by atoms with E-state index in [0.29, 0.717) is 17.9 Å². The predicted molar refractivity (Wildman–Crippen MR) is 132 cm³/mol. The lowest BCUT2D eigenvalue weighted by Gasteiger charge is -2.47. The van der Waals surface area contributed by atoms with E-state index in [4.69, 9.17) is 17.2 Å². The molecule has 2 aromatic carbocycles. The molecule has 33 heavy (non-hydrogen) atoms. The third kappa shape index (κ3) is 5.58. The second kappa shape index (κ2) is 10.4. The van der Waals surface area contributed by atoms with Crippen molar-refractivity contribution in [2.24, 2.45) is 4.36 Å². The molecule has 1 N–H and O–H groups in total. The van der Waals surface area contributed by atoms with Gasteiger partial charge in [0.2, 0.25) is 0 Å². The third-order valence-electron chi connectivity index (χ3n) is 6.61. The van der Waals surface area contributed by atoms with E-state index in [-0.39, 0.29) is 28.9 Å². The van der Waals surface area contributed by atoms with Crippen LogP contribution in [0.5, 0.6) is 5.75 Å². The first-order valence-electron chi connectivity index (χ1n) is 11.4. The molecule has 0 saturated heterocycles. The fraction of sp³-hybridized carbons (Fsp3) is 0.462. The average molecular weight is 468 g/mol. The SMILES string of the molecule is COc1ccccc1C(=O)NC[C@]1(c2ccccc2)CC[C@@H](N(C(=O)N=S)C(C)(C)C)CC1. The van der Waals surface area contributed by atoms with Crippen LogP contribution in [0.25, 0.3) is 0 Å². The maximum Gasteiger partial charge on any atom is 0.355 e. The maximum atomic E-state index is 13.0. The van der Waals surface area contributed by atoms with Crippen molar-refractivity contribution in [2.45, 2.75) is 63.5 Å². The average Bonchev–Trinajstić information content (AvgIpc) is 2.83. The van der Waals surface area contributed by atoms with Gasteiger partial charge >= 0.3 is 6.03 Å². The molecule has 0 spiro atoms. The zero-order valence-electron chi connectivity index (χ0n) is 19.8. The van der Waals surface area contributed by atoms with E-state index in [0.717, 1.165) is 25.7 Å². The number of hydrogen-bond donors (Lipinski definition) is 1. The van der Waals surface area contributed by atoms with Gasteiger partial charge in [0.25, 0.3) is 5.91 Å². The van der Waals surface area contributed by atoms with E-state index < -0.39 is 0 Å². The molecule has 1 aliphatic rings. The highest BCUT2D eigenvalue weighted by molar-refractivity contribution is 7.47. The van der Waals surface area contributed by atoms with E-state index in [2.05, 4.69) is 21.8 Å². The van der Waals surface area contributed by atoms with Crippen LogP contribution in [-0.2, 0) is 17.8 Å². The Hall–Kier alpha value is -2.80. The molecule has 3 amide bonds. The molecule has 0 radical (unpaired) electrons. The number of benzene rings is 2. The predicted octanol–water partition coefficient (Wildman–Crippen LogP) is 5.26. The number of methoxy groups -OCH3 is 1. The number of para-hydroxylation sites is 1. The lowest BCUT2D eigenvalue weighted by atomic mass is 9.67. The van der Waals surface area contributed by atoms with Crippen molar-refractivity contribution in [1.82, 2.24) is 10.2 Å². The van der Waals surface area contributed by atoms with Crippen LogP contribution in [0, 0.1) is 0 Å². The molecular weight excluding hydrogens is 434 g/mol. The van der Waals surface area contributed by atoms with Crippen molar-refractivity contribution in [3.8, 4) is 5.75 Å². The quantitative estimate of drug-likeness (QED) is 0.629. The number of ether oxygens (including phenoxy) is 1. The summed E-state index contributed by atoms with van der Waals surface area (Å²) < 4.78 is 8.89. The Morgan fingerprint density at radius 1 is 1.09 bits per heavy atom. The molecular formula is C26H33N3O3S. The maximum absolute atomic E-state index is 13.0. The van der Waals surface area contributed by atoms with Gasteiger partial charge in [-0.05, 0) is 64.2 Å². The standard InChI is InChI=1S/C26H33N3O3S/c1-25(2,3)29(24(31)28-33)20-14-16-26(17-15-20,19-10-6-5-7-11-19)18-27-23(30)21-12-8-9-13-22(21)32-4/h5-13,20H,14-18H2,1-4H3,(H,27,30)/t20-,26+. The highest BCUT2D eigenvalue weighted by Gasteiger charge is 2.42. The second-order valence-corrected chi connectivity index (χ2v) is 9.86. The van der Waals surface area contributed by atoms with Crippen LogP contribution in [-0.4, -0.2) is 42.1 Å². The Balaban J connectivity index is 1.82. The van der Waals surface area contributed by atoms with Gasteiger partial charge in [-0.15, -0.1) is 4.36 Å². The molecule has 176 valence electrons. The molecule has 0 atom stereocenters.